The lowest BCUT2D eigenvalue weighted by atomic mass is 9.98. The van der Waals surface area contributed by atoms with E-state index in [2.05, 4.69) is 0 Å². The standard InChI is InChI=1S/C10H10F4N2O/c1-5(9(17)16-15)7-3-2-6(4-8(7)11)10(12,13)14/h2-5H,15H2,1H3,(H,16,17). The van der Waals surface area contributed by atoms with Gasteiger partial charge in [0.1, 0.15) is 5.82 Å². The minimum Gasteiger partial charge on any atom is -0.294 e. The second-order valence-corrected chi connectivity index (χ2v) is 3.46. The van der Waals surface area contributed by atoms with Crippen molar-refractivity contribution in [3.63, 3.8) is 0 Å². The lowest BCUT2D eigenvalue weighted by molar-refractivity contribution is -0.137. The van der Waals surface area contributed by atoms with Gasteiger partial charge in [0.2, 0.25) is 5.91 Å². The molecule has 17 heavy (non-hydrogen) atoms. The van der Waals surface area contributed by atoms with Crippen molar-refractivity contribution in [2.75, 3.05) is 0 Å². The summed E-state index contributed by atoms with van der Waals surface area (Å²) >= 11 is 0. The van der Waals surface area contributed by atoms with Gasteiger partial charge in [0, 0.05) is 5.56 Å². The van der Waals surface area contributed by atoms with Crippen LogP contribution in [0.2, 0.25) is 0 Å². The third kappa shape index (κ3) is 2.94. The SMILES string of the molecule is CC(C(=O)NN)c1ccc(C(F)(F)F)cc1F. The van der Waals surface area contributed by atoms with E-state index in [0.29, 0.717) is 6.07 Å². The minimum atomic E-state index is -4.61. The van der Waals surface area contributed by atoms with Gasteiger partial charge in [-0.3, -0.25) is 10.2 Å². The Balaban J connectivity index is 3.10. The molecule has 0 saturated heterocycles. The van der Waals surface area contributed by atoms with Crippen LogP contribution >= 0.6 is 0 Å². The zero-order valence-electron chi connectivity index (χ0n) is 8.81. The second-order valence-electron chi connectivity index (χ2n) is 3.46. The van der Waals surface area contributed by atoms with Crippen molar-refractivity contribution in [2.45, 2.75) is 19.0 Å². The Bertz CT molecular complexity index is 431. The molecule has 1 aromatic carbocycles. The molecule has 1 aromatic rings. The molecule has 0 saturated carbocycles. The van der Waals surface area contributed by atoms with Crippen LogP contribution < -0.4 is 11.3 Å². The van der Waals surface area contributed by atoms with Gasteiger partial charge in [0.25, 0.3) is 0 Å². The van der Waals surface area contributed by atoms with E-state index in [1.165, 1.54) is 6.92 Å². The largest absolute Gasteiger partial charge is 0.416 e. The Morgan fingerprint density at radius 3 is 2.41 bits per heavy atom. The quantitative estimate of drug-likeness (QED) is 0.365. The molecule has 1 atom stereocenters. The van der Waals surface area contributed by atoms with Crippen LogP contribution in [-0.4, -0.2) is 5.91 Å². The van der Waals surface area contributed by atoms with Crippen molar-refractivity contribution in [2.24, 2.45) is 5.84 Å². The maximum Gasteiger partial charge on any atom is 0.416 e. The van der Waals surface area contributed by atoms with Crippen molar-refractivity contribution in [1.29, 1.82) is 0 Å². The third-order valence-corrected chi connectivity index (χ3v) is 2.33. The predicted octanol–water partition coefficient (Wildman–Crippen LogP) is 1.94. The number of carbonyl (C=O) groups is 1. The highest BCUT2D eigenvalue weighted by atomic mass is 19.4. The van der Waals surface area contributed by atoms with Gasteiger partial charge in [0.15, 0.2) is 0 Å². The van der Waals surface area contributed by atoms with Gasteiger partial charge in [-0.2, -0.15) is 13.2 Å². The van der Waals surface area contributed by atoms with Crippen molar-refractivity contribution in [3.05, 3.63) is 35.1 Å². The summed E-state index contributed by atoms with van der Waals surface area (Å²) in [7, 11) is 0. The summed E-state index contributed by atoms with van der Waals surface area (Å²) in [5.74, 6) is 2.14. The van der Waals surface area contributed by atoms with Crippen molar-refractivity contribution in [3.8, 4) is 0 Å². The first-order chi connectivity index (χ1) is 7.77. The first kappa shape index (κ1) is 13.4. The third-order valence-electron chi connectivity index (χ3n) is 2.33. The van der Waals surface area contributed by atoms with Crippen LogP contribution in [0.5, 0.6) is 0 Å². The molecular weight excluding hydrogens is 240 g/mol. The highest BCUT2D eigenvalue weighted by Gasteiger charge is 2.31. The molecule has 94 valence electrons. The number of nitrogens with one attached hydrogen (secondary N) is 1. The van der Waals surface area contributed by atoms with E-state index in [4.69, 9.17) is 5.84 Å². The van der Waals surface area contributed by atoms with Crippen LogP contribution in [0.15, 0.2) is 18.2 Å². The molecular formula is C10H10F4N2O. The zero-order valence-corrected chi connectivity index (χ0v) is 8.81. The minimum absolute atomic E-state index is 0.138. The van der Waals surface area contributed by atoms with E-state index in [9.17, 15) is 22.4 Å². The molecule has 1 rings (SSSR count). The molecule has 0 heterocycles. The average molecular weight is 250 g/mol. The van der Waals surface area contributed by atoms with Crippen molar-refractivity contribution >= 4 is 5.91 Å². The number of nitrogens with two attached hydrogens (primary N) is 1. The fourth-order valence-corrected chi connectivity index (χ4v) is 1.32. The van der Waals surface area contributed by atoms with E-state index >= 15 is 0 Å². The summed E-state index contributed by atoms with van der Waals surface area (Å²) in [5, 5.41) is 0. The van der Waals surface area contributed by atoms with E-state index in [-0.39, 0.29) is 5.56 Å². The summed E-state index contributed by atoms with van der Waals surface area (Å²) < 4.78 is 50.2. The molecule has 3 nitrogen and oxygen atoms in total. The smallest absolute Gasteiger partial charge is 0.294 e. The highest BCUT2D eigenvalue weighted by molar-refractivity contribution is 5.82. The van der Waals surface area contributed by atoms with Crippen LogP contribution in [0.1, 0.15) is 24.0 Å². The van der Waals surface area contributed by atoms with Crippen LogP contribution in [0.25, 0.3) is 0 Å². The molecule has 0 aromatic heterocycles. The van der Waals surface area contributed by atoms with E-state index < -0.39 is 29.4 Å². The van der Waals surface area contributed by atoms with E-state index in [1.807, 2.05) is 5.43 Å². The molecule has 7 heteroatoms. The Morgan fingerprint density at radius 2 is 2.00 bits per heavy atom. The Morgan fingerprint density at radius 1 is 1.41 bits per heavy atom. The maximum absolute atomic E-state index is 13.4. The summed E-state index contributed by atoms with van der Waals surface area (Å²) in [5.41, 5.74) is 0.571. The molecule has 0 spiro atoms. The van der Waals surface area contributed by atoms with Crippen LogP contribution in [0.3, 0.4) is 0 Å². The van der Waals surface area contributed by atoms with Crippen LogP contribution in [0.4, 0.5) is 17.6 Å². The summed E-state index contributed by atoms with van der Waals surface area (Å²) in [6, 6.07) is 2.01. The molecule has 0 radical (unpaired) electrons. The summed E-state index contributed by atoms with van der Waals surface area (Å²) in [6.45, 7) is 1.34. The summed E-state index contributed by atoms with van der Waals surface area (Å²) in [6.07, 6.45) is -4.61. The number of hydrogen-bond donors (Lipinski definition) is 2. The molecule has 1 unspecified atom stereocenters. The van der Waals surface area contributed by atoms with E-state index in [0.717, 1.165) is 12.1 Å². The van der Waals surface area contributed by atoms with Gasteiger partial charge in [-0.1, -0.05) is 6.07 Å². The van der Waals surface area contributed by atoms with Crippen molar-refractivity contribution < 1.29 is 22.4 Å². The molecule has 0 aliphatic rings. The fourth-order valence-electron chi connectivity index (χ4n) is 1.32. The first-order valence-corrected chi connectivity index (χ1v) is 4.64. The number of alkyl halides is 3. The monoisotopic (exact) mass is 250 g/mol. The predicted molar refractivity (Wildman–Crippen MR) is 52.1 cm³/mol. The van der Waals surface area contributed by atoms with Gasteiger partial charge in [-0.15, -0.1) is 0 Å². The number of hydrogen-bond acceptors (Lipinski definition) is 2. The van der Waals surface area contributed by atoms with Gasteiger partial charge in [-0.25, -0.2) is 10.2 Å². The maximum atomic E-state index is 13.4. The molecule has 0 bridgehead atoms. The highest BCUT2D eigenvalue weighted by Crippen LogP contribution is 2.31. The first-order valence-electron chi connectivity index (χ1n) is 4.64. The topological polar surface area (TPSA) is 55.1 Å². The number of carbonyl (C=O) groups excluding carboxylic acids is 1. The lowest BCUT2D eigenvalue weighted by Gasteiger charge is -2.13. The van der Waals surface area contributed by atoms with Crippen molar-refractivity contribution in [1.82, 2.24) is 5.43 Å². The number of rotatable bonds is 2. The molecule has 0 aliphatic carbocycles. The molecule has 3 N–H and O–H groups in total. The average Bonchev–Trinajstić information content (AvgIpc) is 2.25. The lowest BCUT2D eigenvalue weighted by Crippen LogP contribution is -2.34. The Kier molecular flexibility index (Phi) is 3.72. The Hall–Kier alpha value is -1.63. The molecule has 0 fully saturated rings. The van der Waals surface area contributed by atoms with Gasteiger partial charge in [0.05, 0.1) is 11.5 Å². The normalized spacial score (nSPS) is 13.3. The van der Waals surface area contributed by atoms with Gasteiger partial charge >= 0.3 is 6.18 Å². The zero-order chi connectivity index (χ0) is 13.2. The van der Waals surface area contributed by atoms with E-state index in [1.54, 1.807) is 0 Å². The van der Waals surface area contributed by atoms with Gasteiger partial charge < -0.3 is 0 Å². The number of halogens is 4. The second kappa shape index (κ2) is 4.70. The molecule has 1 amide bonds. The van der Waals surface area contributed by atoms with Gasteiger partial charge in [-0.05, 0) is 19.1 Å². The fraction of sp³-hybridized carbons (Fsp3) is 0.300. The Labute approximate surface area is 94.6 Å². The summed E-state index contributed by atoms with van der Waals surface area (Å²) in [4.78, 5) is 11.1. The van der Waals surface area contributed by atoms with Crippen LogP contribution in [0, 0.1) is 5.82 Å². The number of hydrazine groups is 1. The number of benzene rings is 1. The number of amides is 1. The van der Waals surface area contributed by atoms with Crippen LogP contribution in [-0.2, 0) is 11.0 Å². The molecule has 0 aliphatic heterocycles.